The van der Waals surface area contributed by atoms with Crippen LogP contribution in [0.15, 0.2) is 53.8 Å². The Kier molecular flexibility index (Phi) is 3.65. The highest BCUT2D eigenvalue weighted by Crippen LogP contribution is 2.27. The summed E-state index contributed by atoms with van der Waals surface area (Å²) in [6, 6.07) is 12.1. The van der Waals surface area contributed by atoms with Crippen LogP contribution < -0.4 is 0 Å². The Balaban J connectivity index is 2.03. The third kappa shape index (κ3) is 2.51. The van der Waals surface area contributed by atoms with Crippen molar-refractivity contribution in [2.24, 2.45) is 4.99 Å². The first-order valence-electron chi connectivity index (χ1n) is 7.65. The third-order valence-corrected chi connectivity index (χ3v) is 4.28. The number of benzene rings is 2. The Hall–Kier alpha value is -2.53. The van der Waals surface area contributed by atoms with E-state index in [9.17, 15) is 4.39 Å². The Morgan fingerprint density at radius 3 is 2.83 bits per heavy atom. The molecule has 1 aromatic heterocycles. The maximum Gasteiger partial charge on any atom is 0.139 e. The maximum absolute atomic E-state index is 14.4. The SMILES string of the molecule is CC1Cc2nncn2-c2ccc(Cl)cc2/C(c2ccccc2F)=N\1. The van der Waals surface area contributed by atoms with E-state index in [-0.39, 0.29) is 11.9 Å². The summed E-state index contributed by atoms with van der Waals surface area (Å²) in [7, 11) is 0. The van der Waals surface area contributed by atoms with Crippen molar-refractivity contribution < 1.29 is 4.39 Å². The van der Waals surface area contributed by atoms with E-state index in [1.54, 1.807) is 30.6 Å². The molecule has 1 atom stereocenters. The van der Waals surface area contributed by atoms with Crippen molar-refractivity contribution in [3.8, 4) is 5.69 Å². The molecular formula is C18H14ClFN4. The van der Waals surface area contributed by atoms with Gasteiger partial charge in [-0.15, -0.1) is 10.2 Å². The maximum atomic E-state index is 14.4. The minimum absolute atomic E-state index is 0.0605. The molecule has 2 heterocycles. The summed E-state index contributed by atoms with van der Waals surface area (Å²) in [5.41, 5.74) is 2.66. The van der Waals surface area contributed by atoms with Gasteiger partial charge in [-0.25, -0.2) is 4.39 Å². The highest BCUT2D eigenvalue weighted by Gasteiger charge is 2.22. The van der Waals surface area contributed by atoms with Crippen molar-refractivity contribution in [3.05, 3.63) is 76.6 Å². The second kappa shape index (κ2) is 5.83. The molecule has 6 heteroatoms. The molecule has 0 saturated carbocycles. The molecular weight excluding hydrogens is 327 g/mol. The summed E-state index contributed by atoms with van der Waals surface area (Å²) in [6.45, 7) is 1.98. The minimum atomic E-state index is -0.307. The second-order valence-electron chi connectivity index (χ2n) is 5.79. The zero-order valence-corrected chi connectivity index (χ0v) is 13.7. The van der Waals surface area contributed by atoms with E-state index in [1.165, 1.54) is 6.07 Å². The van der Waals surface area contributed by atoms with Crippen LogP contribution in [0.1, 0.15) is 23.9 Å². The van der Waals surface area contributed by atoms with Crippen molar-refractivity contribution in [2.75, 3.05) is 0 Å². The summed E-state index contributed by atoms with van der Waals surface area (Å²) in [4.78, 5) is 4.76. The van der Waals surface area contributed by atoms with Crippen molar-refractivity contribution in [1.29, 1.82) is 0 Å². The molecule has 0 N–H and O–H groups in total. The molecule has 0 radical (unpaired) electrons. The van der Waals surface area contributed by atoms with Gasteiger partial charge in [0, 0.05) is 22.6 Å². The zero-order chi connectivity index (χ0) is 16.7. The van der Waals surface area contributed by atoms with E-state index in [0.29, 0.717) is 22.7 Å². The summed E-state index contributed by atoms with van der Waals surface area (Å²) in [5.74, 6) is 0.515. The van der Waals surface area contributed by atoms with Crippen molar-refractivity contribution >= 4 is 17.3 Å². The summed E-state index contributed by atoms with van der Waals surface area (Å²) in [5, 5.41) is 8.77. The van der Waals surface area contributed by atoms with Crippen LogP contribution in [0.3, 0.4) is 0 Å². The van der Waals surface area contributed by atoms with Gasteiger partial charge >= 0.3 is 0 Å². The van der Waals surface area contributed by atoms with Crippen molar-refractivity contribution in [1.82, 2.24) is 14.8 Å². The van der Waals surface area contributed by atoms with Crippen LogP contribution in [-0.2, 0) is 6.42 Å². The average Bonchev–Trinajstić information content (AvgIpc) is 2.99. The molecule has 0 amide bonds. The molecule has 0 spiro atoms. The van der Waals surface area contributed by atoms with Crippen LogP contribution in [-0.4, -0.2) is 26.5 Å². The van der Waals surface area contributed by atoms with Gasteiger partial charge in [-0.3, -0.25) is 9.56 Å². The van der Waals surface area contributed by atoms with E-state index in [1.807, 2.05) is 23.6 Å². The number of hydrogen-bond acceptors (Lipinski definition) is 3. The standard InChI is InChI=1S/C18H14ClFN4/c1-11-8-17-23-21-10-24(17)16-7-6-12(19)9-14(16)18(22-11)13-4-2-3-5-15(13)20/h2-7,9-11H,8H2,1H3/b22-18-. The lowest BCUT2D eigenvalue weighted by molar-refractivity contribution is 0.624. The zero-order valence-electron chi connectivity index (χ0n) is 12.9. The number of halogens is 2. The van der Waals surface area contributed by atoms with Gasteiger partial charge in [0.05, 0.1) is 17.4 Å². The summed E-state index contributed by atoms with van der Waals surface area (Å²) < 4.78 is 16.3. The van der Waals surface area contributed by atoms with Gasteiger partial charge in [-0.05, 0) is 37.3 Å². The molecule has 2 aromatic carbocycles. The normalized spacial score (nSPS) is 18.8. The second-order valence-corrected chi connectivity index (χ2v) is 6.23. The van der Waals surface area contributed by atoms with Crippen LogP contribution >= 0.6 is 11.6 Å². The molecule has 1 aliphatic rings. The Bertz CT molecular complexity index is 948. The molecule has 0 bridgehead atoms. The highest BCUT2D eigenvalue weighted by atomic mass is 35.5. The number of aromatic nitrogens is 3. The summed E-state index contributed by atoms with van der Waals surface area (Å²) in [6.07, 6.45) is 2.29. The lowest BCUT2D eigenvalue weighted by Gasteiger charge is -2.20. The predicted octanol–water partition coefficient (Wildman–Crippen LogP) is 3.84. The molecule has 3 aromatic rings. The van der Waals surface area contributed by atoms with Crippen LogP contribution in [0, 0.1) is 5.82 Å². The van der Waals surface area contributed by atoms with Gasteiger partial charge < -0.3 is 0 Å². The van der Waals surface area contributed by atoms with Crippen LogP contribution in [0.5, 0.6) is 0 Å². The molecule has 24 heavy (non-hydrogen) atoms. The molecule has 0 saturated heterocycles. The Labute approximate surface area is 143 Å². The number of rotatable bonds is 1. The van der Waals surface area contributed by atoms with Gasteiger partial charge in [-0.1, -0.05) is 23.7 Å². The lowest BCUT2D eigenvalue weighted by Crippen LogP contribution is -2.20. The fourth-order valence-corrected chi connectivity index (χ4v) is 3.15. The van der Waals surface area contributed by atoms with Crippen LogP contribution in [0.2, 0.25) is 5.02 Å². The topological polar surface area (TPSA) is 43.1 Å². The van der Waals surface area contributed by atoms with Gasteiger partial charge in [0.15, 0.2) is 0 Å². The smallest absolute Gasteiger partial charge is 0.139 e. The Morgan fingerprint density at radius 2 is 2.00 bits per heavy atom. The minimum Gasteiger partial charge on any atom is -0.285 e. The molecule has 120 valence electrons. The molecule has 0 aliphatic carbocycles. The monoisotopic (exact) mass is 340 g/mol. The molecule has 4 rings (SSSR count). The van der Waals surface area contributed by atoms with Crippen molar-refractivity contribution in [3.63, 3.8) is 0 Å². The number of hydrogen-bond donors (Lipinski definition) is 0. The number of nitrogens with zero attached hydrogens (tertiary/aromatic N) is 4. The lowest BCUT2D eigenvalue weighted by atomic mass is 9.98. The van der Waals surface area contributed by atoms with Gasteiger partial charge in [0.2, 0.25) is 0 Å². The van der Waals surface area contributed by atoms with Gasteiger partial charge in [0.25, 0.3) is 0 Å². The first-order valence-corrected chi connectivity index (χ1v) is 8.03. The number of aliphatic imine (C=N–C) groups is 1. The molecule has 1 aliphatic heterocycles. The van der Waals surface area contributed by atoms with Crippen LogP contribution in [0.4, 0.5) is 4.39 Å². The average molecular weight is 341 g/mol. The van der Waals surface area contributed by atoms with Crippen LogP contribution in [0.25, 0.3) is 5.69 Å². The molecule has 0 fully saturated rings. The van der Waals surface area contributed by atoms with E-state index in [4.69, 9.17) is 16.6 Å². The van der Waals surface area contributed by atoms with Gasteiger partial charge in [-0.2, -0.15) is 0 Å². The quantitative estimate of drug-likeness (QED) is 0.675. The fraction of sp³-hybridized carbons (Fsp3) is 0.167. The van der Waals surface area contributed by atoms with E-state index >= 15 is 0 Å². The highest BCUT2D eigenvalue weighted by molar-refractivity contribution is 6.31. The molecule has 4 nitrogen and oxygen atoms in total. The molecule has 1 unspecified atom stereocenters. The van der Waals surface area contributed by atoms with Crippen molar-refractivity contribution in [2.45, 2.75) is 19.4 Å². The first-order chi connectivity index (χ1) is 11.6. The number of fused-ring (bicyclic) bond motifs is 3. The van der Waals surface area contributed by atoms with E-state index < -0.39 is 0 Å². The third-order valence-electron chi connectivity index (χ3n) is 4.05. The van der Waals surface area contributed by atoms with E-state index in [2.05, 4.69) is 10.2 Å². The van der Waals surface area contributed by atoms with Gasteiger partial charge in [0.1, 0.15) is 18.0 Å². The predicted molar refractivity (Wildman–Crippen MR) is 91.6 cm³/mol. The summed E-state index contributed by atoms with van der Waals surface area (Å²) >= 11 is 6.21. The first kappa shape index (κ1) is 15.0. The largest absolute Gasteiger partial charge is 0.285 e. The van der Waals surface area contributed by atoms with E-state index in [0.717, 1.165) is 17.1 Å². The fourth-order valence-electron chi connectivity index (χ4n) is 2.98. The Morgan fingerprint density at radius 1 is 1.17 bits per heavy atom.